The summed E-state index contributed by atoms with van der Waals surface area (Å²) in [6.45, 7) is 2.05. The standard InChI is InChI=1S/C18H17NO4/c1-3-22-18(20)17-16(14-6-4-5-7-15(14)23-17)19-12-8-10-13(21-2)11-9-12/h4-11,19H,3H2,1-2H3. The first-order valence-corrected chi connectivity index (χ1v) is 7.32. The molecule has 0 spiro atoms. The van der Waals surface area contributed by atoms with E-state index in [1.165, 1.54) is 0 Å². The van der Waals surface area contributed by atoms with E-state index in [0.717, 1.165) is 16.8 Å². The summed E-state index contributed by atoms with van der Waals surface area (Å²) in [5.41, 5.74) is 2.05. The van der Waals surface area contributed by atoms with Gasteiger partial charge < -0.3 is 19.2 Å². The van der Waals surface area contributed by atoms with Crippen molar-refractivity contribution in [1.82, 2.24) is 0 Å². The van der Waals surface area contributed by atoms with E-state index >= 15 is 0 Å². The fourth-order valence-electron chi connectivity index (χ4n) is 2.33. The summed E-state index contributed by atoms with van der Waals surface area (Å²) in [7, 11) is 1.62. The quantitative estimate of drug-likeness (QED) is 0.709. The maximum Gasteiger partial charge on any atom is 0.376 e. The Morgan fingerprint density at radius 2 is 1.87 bits per heavy atom. The molecule has 0 unspecified atom stereocenters. The van der Waals surface area contributed by atoms with Crippen LogP contribution in [0.1, 0.15) is 17.5 Å². The first-order chi connectivity index (χ1) is 11.2. The smallest absolute Gasteiger partial charge is 0.376 e. The largest absolute Gasteiger partial charge is 0.497 e. The Kier molecular flexibility index (Phi) is 4.19. The van der Waals surface area contributed by atoms with Crippen molar-refractivity contribution in [3.05, 3.63) is 54.3 Å². The number of benzene rings is 2. The second-order valence-corrected chi connectivity index (χ2v) is 4.88. The van der Waals surface area contributed by atoms with Crippen LogP contribution in [0.5, 0.6) is 5.75 Å². The highest BCUT2D eigenvalue weighted by atomic mass is 16.5. The number of hydrogen-bond donors (Lipinski definition) is 1. The van der Waals surface area contributed by atoms with Gasteiger partial charge >= 0.3 is 5.97 Å². The van der Waals surface area contributed by atoms with Gasteiger partial charge in [-0.2, -0.15) is 0 Å². The number of para-hydroxylation sites is 1. The molecule has 23 heavy (non-hydrogen) atoms. The predicted octanol–water partition coefficient (Wildman–Crippen LogP) is 4.36. The second kappa shape index (κ2) is 6.44. The molecule has 5 heteroatoms. The first-order valence-electron chi connectivity index (χ1n) is 7.32. The highest BCUT2D eigenvalue weighted by Crippen LogP contribution is 2.34. The summed E-state index contributed by atoms with van der Waals surface area (Å²) in [6.07, 6.45) is 0. The second-order valence-electron chi connectivity index (χ2n) is 4.88. The van der Waals surface area contributed by atoms with Crippen molar-refractivity contribution in [2.75, 3.05) is 19.0 Å². The van der Waals surface area contributed by atoms with Crippen molar-refractivity contribution in [2.45, 2.75) is 6.92 Å². The molecule has 2 aromatic carbocycles. The van der Waals surface area contributed by atoms with E-state index in [1.807, 2.05) is 48.5 Å². The number of furan rings is 1. The van der Waals surface area contributed by atoms with Gasteiger partial charge in [-0.1, -0.05) is 12.1 Å². The van der Waals surface area contributed by atoms with E-state index in [4.69, 9.17) is 13.9 Å². The number of hydrogen-bond acceptors (Lipinski definition) is 5. The molecule has 0 bridgehead atoms. The third-order valence-electron chi connectivity index (χ3n) is 3.42. The Morgan fingerprint density at radius 1 is 1.13 bits per heavy atom. The number of nitrogens with one attached hydrogen (secondary N) is 1. The maximum absolute atomic E-state index is 12.1. The fraction of sp³-hybridized carbons (Fsp3) is 0.167. The van der Waals surface area contributed by atoms with Crippen LogP contribution in [0.4, 0.5) is 11.4 Å². The van der Waals surface area contributed by atoms with Crippen molar-refractivity contribution < 1.29 is 18.7 Å². The lowest BCUT2D eigenvalue weighted by atomic mass is 10.2. The van der Waals surface area contributed by atoms with Crippen molar-refractivity contribution in [2.24, 2.45) is 0 Å². The molecule has 0 saturated carbocycles. The van der Waals surface area contributed by atoms with E-state index in [0.29, 0.717) is 11.3 Å². The number of ether oxygens (including phenoxy) is 2. The molecular formula is C18H17NO4. The normalized spacial score (nSPS) is 10.5. The highest BCUT2D eigenvalue weighted by molar-refractivity contribution is 6.05. The summed E-state index contributed by atoms with van der Waals surface area (Å²) in [5, 5.41) is 4.06. The minimum atomic E-state index is -0.486. The van der Waals surface area contributed by atoms with E-state index in [9.17, 15) is 4.79 Å². The van der Waals surface area contributed by atoms with Crippen LogP contribution in [0.2, 0.25) is 0 Å². The zero-order valence-electron chi connectivity index (χ0n) is 13.0. The summed E-state index contributed by atoms with van der Waals surface area (Å²) in [5.74, 6) is 0.446. The van der Waals surface area contributed by atoms with Gasteiger partial charge in [-0.3, -0.25) is 0 Å². The molecule has 0 aliphatic heterocycles. The van der Waals surface area contributed by atoms with Gasteiger partial charge in [-0.25, -0.2) is 4.79 Å². The van der Waals surface area contributed by atoms with Crippen molar-refractivity contribution in [1.29, 1.82) is 0 Å². The van der Waals surface area contributed by atoms with Gasteiger partial charge in [-0.05, 0) is 43.3 Å². The third kappa shape index (κ3) is 2.99. The lowest BCUT2D eigenvalue weighted by molar-refractivity contribution is 0.0494. The number of esters is 1. The Hall–Kier alpha value is -2.95. The van der Waals surface area contributed by atoms with Gasteiger partial charge in [0.1, 0.15) is 17.0 Å². The lowest BCUT2D eigenvalue weighted by Crippen LogP contribution is -2.06. The van der Waals surface area contributed by atoms with E-state index < -0.39 is 5.97 Å². The van der Waals surface area contributed by atoms with Crippen LogP contribution in [0.25, 0.3) is 11.0 Å². The van der Waals surface area contributed by atoms with Crippen molar-refractivity contribution >= 4 is 28.3 Å². The van der Waals surface area contributed by atoms with E-state index in [2.05, 4.69) is 5.32 Å². The first kappa shape index (κ1) is 15.0. The fourth-order valence-corrected chi connectivity index (χ4v) is 2.33. The van der Waals surface area contributed by atoms with Gasteiger partial charge in [0.15, 0.2) is 0 Å². The van der Waals surface area contributed by atoms with Crippen LogP contribution < -0.4 is 10.1 Å². The molecule has 0 aliphatic rings. The number of carbonyl (C=O) groups excluding carboxylic acids is 1. The van der Waals surface area contributed by atoms with Crippen molar-refractivity contribution in [3.8, 4) is 5.75 Å². The number of rotatable bonds is 5. The number of fused-ring (bicyclic) bond motifs is 1. The molecule has 3 rings (SSSR count). The van der Waals surface area contributed by atoms with Gasteiger partial charge in [-0.15, -0.1) is 0 Å². The average Bonchev–Trinajstić information content (AvgIpc) is 2.95. The molecule has 5 nitrogen and oxygen atoms in total. The molecule has 0 radical (unpaired) electrons. The minimum Gasteiger partial charge on any atom is -0.497 e. The van der Waals surface area contributed by atoms with Gasteiger partial charge in [0, 0.05) is 11.1 Å². The molecule has 0 amide bonds. The molecule has 0 fully saturated rings. The van der Waals surface area contributed by atoms with Crippen LogP contribution in [0.15, 0.2) is 52.9 Å². The summed E-state index contributed by atoms with van der Waals surface area (Å²) < 4.78 is 15.9. The average molecular weight is 311 g/mol. The lowest BCUT2D eigenvalue weighted by Gasteiger charge is -2.08. The third-order valence-corrected chi connectivity index (χ3v) is 3.42. The van der Waals surface area contributed by atoms with Gasteiger partial charge in [0.2, 0.25) is 5.76 Å². The number of anilines is 2. The maximum atomic E-state index is 12.1. The van der Waals surface area contributed by atoms with Gasteiger partial charge in [0.25, 0.3) is 0 Å². The monoisotopic (exact) mass is 311 g/mol. The van der Waals surface area contributed by atoms with Crippen molar-refractivity contribution in [3.63, 3.8) is 0 Å². The molecule has 3 aromatic rings. The van der Waals surface area contributed by atoms with Crippen LogP contribution in [-0.4, -0.2) is 19.7 Å². The zero-order valence-corrected chi connectivity index (χ0v) is 13.0. The molecule has 1 N–H and O–H groups in total. The SMILES string of the molecule is CCOC(=O)c1oc2ccccc2c1Nc1ccc(OC)cc1. The molecular weight excluding hydrogens is 294 g/mol. The zero-order chi connectivity index (χ0) is 16.2. The Bertz CT molecular complexity index is 821. The Morgan fingerprint density at radius 3 is 2.57 bits per heavy atom. The molecule has 1 heterocycles. The van der Waals surface area contributed by atoms with Crippen LogP contribution in [-0.2, 0) is 4.74 Å². The Balaban J connectivity index is 2.02. The minimum absolute atomic E-state index is 0.170. The number of carbonyl (C=O) groups is 1. The molecule has 118 valence electrons. The topological polar surface area (TPSA) is 60.7 Å². The summed E-state index contributed by atoms with van der Waals surface area (Å²) in [4.78, 5) is 12.1. The van der Waals surface area contributed by atoms with Crippen LogP contribution in [0.3, 0.4) is 0 Å². The predicted molar refractivity (Wildman–Crippen MR) is 88.4 cm³/mol. The summed E-state index contributed by atoms with van der Waals surface area (Å²) in [6, 6.07) is 14.9. The van der Waals surface area contributed by atoms with E-state index in [-0.39, 0.29) is 12.4 Å². The molecule has 0 saturated heterocycles. The molecule has 1 aromatic heterocycles. The summed E-state index contributed by atoms with van der Waals surface area (Å²) >= 11 is 0. The van der Waals surface area contributed by atoms with Gasteiger partial charge in [0.05, 0.1) is 13.7 Å². The van der Waals surface area contributed by atoms with Crippen LogP contribution >= 0.6 is 0 Å². The Labute approximate surface area is 133 Å². The highest BCUT2D eigenvalue weighted by Gasteiger charge is 2.21. The number of methoxy groups -OCH3 is 1. The van der Waals surface area contributed by atoms with E-state index in [1.54, 1.807) is 14.0 Å². The molecule has 0 atom stereocenters. The van der Waals surface area contributed by atoms with Crippen LogP contribution in [0, 0.1) is 0 Å². The molecule has 0 aliphatic carbocycles.